The highest BCUT2D eigenvalue weighted by Gasteiger charge is 2.37. The molecule has 1 aromatic rings. The molecule has 0 amide bonds. The van der Waals surface area contributed by atoms with Crippen molar-refractivity contribution in [3.05, 3.63) is 22.4 Å². The zero-order valence-electron chi connectivity index (χ0n) is 9.64. The number of thiophene rings is 1. The molecule has 1 aliphatic heterocycles. The Morgan fingerprint density at radius 1 is 1.25 bits per heavy atom. The molecule has 1 saturated heterocycles. The van der Waals surface area contributed by atoms with Crippen molar-refractivity contribution >= 4 is 11.3 Å². The summed E-state index contributed by atoms with van der Waals surface area (Å²) in [6.45, 7) is 2.39. The average Bonchev–Trinajstić information content (AvgIpc) is 2.97. The second kappa shape index (κ2) is 4.47. The van der Waals surface area contributed by atoms with E-state index in [2.05, 4.69) is 22.4 Å². The van der Waals surface area contributed by atoms with Crippen molar-refractivity contribution in [3.63, 3.8) is 0 Å². The third-order valence-corrected chi connectivity index (χ3v) is 4.81. The van der Waals surface area contributed by atoms with Crippen LogP contribution >= 0.6 is 11.3 Å². The van der Waals surface area contributed by atoms with Gasteiger partial charge in [-0.3, -0.25) is 4.90 Å². The third kappa shape index (κ3) is 2.17. The molecule has 1 unspecified atom stereocenters. The van der Waals surface area contributed by atoms with Gasteiger partial charge in [0.05, 0.1) is 0 Å². The van der Waals surface area contributed by atoms with Gasteiger partial charge in [-0.25, -0.2) is 0 Å². The highest BCUT2D eigenvalue weighted by Crippen LogP contribution is 2.46. The molecular formula is C13H20N2S. The van der Waals surface area contributed by atoms with Crippen LogP contribution in [0.1, 0.15) is 36.6 Å². The highest BCUT2D eigenvalue weighted by atomic mass is 32.1. The summed E-state index contributed by atoms with van der Waals surface area (Å²) in [6, 6.07) is 5.64. The summed E-state index contributed by atoms with van der Waals surface area (Å²) in [6.07, 6.45) is 5.19. The van der Waals surface area contributed by atoms with Crippen LogP contribution in [-0.2, 0) is 0 Å². The topological polar surface area (TPSA) is 29.3 Å². The van der Waals surface area contributed by atoms with E-state index in [1.54, 1.807) is 4.88 Å². The Morgan fingerprint density at radius 2 is 2.00 bits per heavy atom. The molecule has 3 rings (SSSR count). The van der Waals surface area contributed by atoms with Gasteiger partial charge in [0.15, 0.2) is 0 Å². The molecule has 1 saturated carbocycles. The van der Waals surface area contributed by atoms with Crippen molar-refractivity contribution in [2.24, 2.45) is 11.7 Å². The Morgan fingerprint density at radius 3 is 2.56 bits per heavy atom. The fourth-order valence-corrected chi connectivity index (χ4v) is 3.73. The van der Waals surface area contributed by atoms with Gasteiger partial charge < -0.3 is 5.73 Å². The van der Waals surface area contributed by atoms with Gasteiger partial charge in [-0.15, -0.1) is 11.3 Å². The first-order valence-electron chi connectivity index (χ1n) is 6.37. The molecule has 0 radical (unpaired) electrons. The van der Waals surface area contributed by atoms with E-state index < -0.39 is 0 Å². The van der Waals surface area contributed by atoms with Gasteiger partial charge in [-0.05, 0) is 43.0 Å². The average molecular weight is 236 g/mol. The first-order chi connectivity index (χ1) is 7.84. The second-order valence-corrected chi connectivity index (χ2v) is 6.15. The van der Waals surface area contributed by atoms with Crippen molar-refractivity contribution in [2.75, 3.05) is 13.1 Å². The minimum atomic E-state index is 0.444. The molecule has 3 heteroatoms. The first kappa shape index (κ1) is 10.8. The molecule has 16 heavy (non-hydrogen) atoms. The van der Waals surface area contributed by atoms with Crippen LogP contribution in [-0.4, -0.2) is 24.0 Å². The van der Waals surface area contributed by atoms with Crippen LogP contribution in [0.2, 0.25) is 0 Å². The number of piperidine rings is 1. The quantitative estimate of drug-likeness (QED) is 0.874. The van der Waals surface area contributed by atoms with Crippen molar-refractivity contribution in [1.82, 2.24) is 4.90 Å². The van der Waals surface area contributed by atoms with E-state index in [1.165, 1.54) is 38.8 Å². The molecule has 1 atom stereocenters. The lowest BCUT2D eigenvalue weighted by Gasteiger charge is -2.36. The van der Waals surface area contributed by atoms with E-state index in [4.69, 9.17) is 5.73 Å². The van der Waals surface area contributed by atoms with Gasteiger partial charge in [-0.2, -0.15) is 0 Å². The molecule has 0 bridgehead atoms. The second-order valence-electron chi connectivity index (χ2n) is 5.17. The minimum absolute atomic E-state index is 0.444. The molecule has 0 aromatic carbocycles. The summed E-state index contributed by atoms with van der Waals surface area (Å²) in [5.41, 5.74) is 5.98. The maximum atomic E-state index is 5.98. The van der Waals surface area contributed by atoms with E-state index in [-0.39, 0.29) is 0 Å². The molecule has 2 N–H and O–H groups in total. The summed E-state index contributed by atoms with van der Waals surface area (Å²) < 4.78 is 0. The fraction of sp³-hybridized carbons (Fsp3) is 0.692. The molecule has 1 aliphatic carbocycles. The van der Waals surface area contributed by atoms with Gasteiger partial charge in [-0.1, -0.05) is 6.07 Å². The lowest BCUT2D eigenvalue weighted by molar-refractivity contribution is 0.139. The van der Waals surface area contributed by atoms with Crippen molar-refractivity contribution in [2.45, 2.75) is 37.8 Å². The Kier molecular flexibility index (Phi) is 3.01. The van der Waals surface area contributed by atoms with Crippen molar-refractivity contribution < 1.29 is 0 Å². The number of hydrogen-bond acceptors (Lipinski definition) is 3. The molecular weight excluding hydrogens is 216 g/mol. The first-order valence-corrected chi connectivity index (χ1v) is 7.25. The summed E-state index contributed by atoms with van der Waals surface area (Å²) in [5, 5.41) is 2.21. The lowest BCUT2D eigenvalue weighted by Crippen LogP contribution is -2.42. The van der Waals surface area contributed by atoms with Crippen LogP contribution in [0, 0.1) is 5.92 Å². The fourth-order valence-electron chi connectivity index (χ4n) is 2.78. The largest absolute Gasteiger partial charge is 0.328 e. The maximum absolute atomic E-state index is 5.98. The SMILES string of the molecule is NC1CCN(C(c2cccs2)C2CC2)CC1. The molecule has 2 heterocycles. The number of nitrogens with zero attached hydrogens (tertiary/aromatic N) is 1. The number of rotatable bonds is 3. The number of hydrogen-bond donors (Lipinski definition) is 1. The van der Waals surface area contributed by atoms with Crippen LogP contribution in [0.4, 0.5) is 0 Å². The predicted molar refractivity (Wildman–Crippen MR) is 68.6 cm³/mol. The zero-order valence-corrected chi connectivity index (χ0v) is 10.5. The Bertz CT molecular complexity index is 324. The molecule has 2 aliphatic rings. The minimum Gasteiger partial charge on any atom is -0.328 e. The standard InChI is InChI=1S/C13H20N2S/c14-11-5-7-15(8-6-11)13(10-3-4-10)12-2-1-9-16-12/h1-2,9-11,13H,3-8,14H2. The normalized spacial score (nSPS) is 25.8. The smallest absolute Gasteiger partial charge is 0.0469 e. The maximum Gasteiger partial charge on any atom is 0.0469 e. The molecule has 88 valence electrons. The zero-order chi connectivity index (χ0) is 11.0. The summed E-state index contributed by atoms with van der Waals surface area (Å²) >= 11 is 1.92. The van der Waals surface area contributed by atoms with Crippen LogP contribution < -0.4 is 5.73 Å². The third-order valence-electron chi connectivity index (χ3n) is 3.87. The van der Waals surface area contributed by atoms with Gasteiger partial charge in [0.2, 0.25) is 0 Å². The Hall–Kier alpha value is -0.380. The Labute approximate surface area is 101 Å². The van der Waals surface area contributed by atoms with Gasteiger partial charge in [0.1, 0.15) is 0 Å². The van der Waals surface area contributed by atoms with Gasteiger partial charge in [0.25, 0.3) is 0 Å². The van der Waals surface area contributed by atoms with E-state index in [1.807, 2.05) is 11.3 Å². The molecule has 1 aromatic heterocycles. The van der Waals surface area contributed by atoms with Gasteiger partial charge in [0, 0.05) is 30.1 Å². The molecule has 2 fully saturated rings. The summed E-state index contributed by atoms with van der Waals surface area (Å²) in [5.74, 6) is 0.924. The van der Waals surface area contributed by atoms with Gasteiger partial charge >= 0.3 is 0 Å². The van der Waals surface area contributed by atoms with Crippen molar-refractivity contribution in [3.8, 4) is 0 Å². The summed E-state index contributed by atoms with van der Waals surface area (Å²) in [4.78, 5) is 4.24. The van der Waals surface area contributed by atoms with E-state index in [0.29, 0.717) is 12.1 Å². The number of nitrogens with two attached hydrogens (primary N) is 1. The van der Waals surface area contributed by atoms with E-state index in [0.717, 1.165) is 5.92 Å². The van der Waals surface area contributed by atoms with Crippen LogP contribution in [0.3, 0.4) is 0 Å². The predicted octanol–water partition coefficient (Wildman–Crippen LogP) is 2.62. The molecule has 0 spiro atoms. The summed E-state index contributed by atoms with van der Waals surface area (Å²) in [7, 11) is 0. The van der Waals surface area contributed by atoms with Crippen LogP contribution in [0.25, 0.3) is 0 Å². The van der Waals surface area contributed by atoms with E-state index in [9.17, 15) is 0 Å². The highest BCUT2D eigenvalue weighted by molar-refractivity contribution is 7.10. The lowest BCUT2D eigenvalue weighted by atomic mass is 10.0. The monoisotopic (exact) mass is 236 g/mol. The van der Waals surface area contributed by atoms with Crippen molar-refractivity contribution in [1.29, 1.82) is 0 Å². The van der Waals surface area contributed by atoms with Crippen LogP contribution in [0.15, 0.2) is 17.5 Å². The Balaban J connectivity index is 1.73. The molecule has 2 nitrogen and oxygen atoms in total. The number of likely N-dealkylation sites (tertiary alicyclic amines) is 1. The van der Waals surface area contributed by atoms with Crippen LogP contribution in [0.5, 0.6) is 0 Å². The van der Waals surface area contributed by atoms with E-state index >= 15 is 0 Å².